The van der Waals surface area contributed by atoms with Crippen LogP contribution in [0.5, 0.6) is 0 Å². The highest BCUT2D eigenvalue weighted by atomic mass is 16.2. The van der Waals surface area contributed by atoms with E-state index in [9.17, 15) is 14.4 Å². The van der Waals surface area contributed by atoms with Crippen molar-refractivity contribution in [2.24, 2.45) is 0 Å². The van der Waals surface area contributed by atoms with Crippen molar-refractivity contribution >= 4 is 23.4 Å². The Hall–Kier alpha value is -3.22. The van der Waals surface area contributed by atoms with Gasteiger partial charge in [0.1, 0.15) is 5.69 Å². The Labute approximate surface area is 151 Å². The Balaban J connectivity index is 1.68. The number of anilines is 1. The van der Waals surface area contributed by atoms with Crippen LogP contribution in [0.1, 0.15) is 27.8 Å². The molecule has 3 amide bonds. The lowest BCUT2D eigenvalue weighted by atomic mass is 10.2. The zero-order valence-electron chi connectivity index (χ0n) is 14.5. The van der Waals surface area contributed by atoms with Crippen molar-refractivity contribution in [2.45, 2.75) is 6.92 Å². The number of nitrogens with zero attached hydrogens (tertiary/aromatic N) is 3. The van der Waals surface area contributed by atoms with Gasteiger partial charge >= 0.3 is 0 Å². The van der Waals surface area contributed by atoms with E-state index < -0.39 is 0 Å². The third-order valence-corrected chi connectivity index (χ3v) is 4.29. The fourth-order valence-electron chi connectivity index (χ4n) is 2.80. The van der Waals surface area contributed by atoms with Crippen LogP contribution in [0, 0.1) is 0 Å². The molecule has 2 aromatic rings. The van der Waals surface area contributed by atoms with Gasteiger partial charge in [0, 0.05) is 50.6 Å². The maximum Gasteiger partial charge on any atom is 0.272 e. The van der Waals surface area contributed by atoms with Gasteiger partial charge in [0.2, 0.25) is 5.91 Å². The van der Waals surface area contributed by atoms with Gasteiger partial charge in [0.25, 0.3) is 11.8 Å². The average molecular weight is 352 g/mol. The first-order chi connectivity index (χ1) is 12.5. The molecule has 1 aromatic heterocycles. The first-order valence-corrected chi connectivity index (χ1v) is 8.42. The van der Waals surface area contributed by atoms with E-state index in [1.807, 2.05) is 18.2 Å². The monoisotopic (exact) mass is 352 g/mol. The van der Waals surface area contributed by atoms with Gasteiger partial charge in [-0.1, -0.05) is 18.2 Å². The summed E-state index contributed by atoms with van der Waals surface area (Å²) in [4.78, 5) is 43.9. The molecule has 7 heteroatoms. The Bertz CT molecular complexity index is 815. The molecule has 0 saturated carbocycles. The molecule has 134 valence electrons. The highest BCUT2D eigenvalue weighted by Crippen LogP contribution is 2.12. The first kappa shape index (κ1) is 17.6. The van der Waals surface area contributed by atoms with E-state index in [0.717, 1.165) is 0 Å². The number of hydrogen-bond donors (Lipinski definition) is 1. The lowest BCUT2D eigenvalue weighted by molar-refractivity contribution is -0.130. The maximum absolute atomic E-state index is 12.6. The quantitative estimate of drug-likeness (QED) is 0.910. The van der Waals surface area contributed by atoms with Crippen molar-refractivity contribution in [2.75, 3.05) is 31.5 Å². The van der Waals surface area contributed by atoms with Crippen molar-refractivity contribution in [1.82, 2.24) is 14.8 Å². The van der Waals surface area contributed by atoms with Crippen LogP contribution in [-0.4, -0.2) is 58.7 Å². The predicted octanol–water partition coefficient (Wildman–Crippen LogP) is 1.64. The van der Waals surface area contributed by atoms with Gasteiger partial charge in [-0.2, -0.15) is 0 Å². The van der Waals surface area contributed by atoms with Crippen molar-refractivity contribution in [3.05, 3.63) is 59.9 Å². The van der Waals surface area contributed by atoms with Gasteiger partial charge in [-0.25, -0.2) is 0 Å². The molecule has 1 fully saturated rings. The fraction of sp³-hybridized carbons (Fsp3) is 0.263. The molecular weight excluding hydrogens is 332 g/mol. The predicted molar refractivity (Wildman–Crippen MR) is 96.8 cm³/mol. The number of nitrogens with one attached hydrogen (secondary N) is 1. The highest BCUT2D eigenvalue weighted by Gasteiger charge is 2.24. The summed E-state index contributed by atoms with van der Waals surface area (Å²) in [5, 5.41) is 2.79. The van der Waals surface area contributed by atoms with Crippen LogP contribution in [0.15, 0.2) is 48.7 Å². The average Bonchev–Trinajstić information content (AvgIpc) is 2.68. The fourth-order valence-corrected chi connectivity index (χ4v) is 2.80. The maximum atomic E-state index is 12.6. The Morgan fingerprint density at radius 3 is 2.27 bits per heavy atom. The minimum Gasteiger partial charge on any atom is -0.339 e. The molecule has 2 heterocycles. The summed E-state index contributed by atoms with van der Waals surface area (Å²) in [5.74, 6) is -0.522. The molecule has 1 saturated heterocycles. The van der Waals surface area contributed by atoms with E-state index in [1.54, 1.807) is 28.0 Å². The number of para-hydroxylation sites is 1. The van der Waals surface area contributed by atoms with E-state index in [1.165, 1.54) is 19.2 Å². The van der Waals surface area contributed by atoms with Crippen LogP contribution in [0.25, 0.3) is 0 Å². The first-order valence-electron chi connectivity index (χ1n) is 8.42. The Morgan fingerprint density at radius 1 is 0.962 bits per heavy atom. The number of carbonyl (C=O) groups excluding carboxylic acids is 3. The number of benzene rings is 1. The van der Waals surface area contributed by atoms with Crippen molar-refractivity contribution < 1.29 is 14.4 Å². The second-order valence-corrected chi connectivity index (χ2v) is 6.05. The lowest BCUT2D eigenvalue weighted by Gasteiger charge is -2.34. The normalized spacial score (nSPS) is 14.0. The van der Waals surface area contributed by atoms with Crippen LogP contribution in [0.4, 0.5) is 5.69 Å². The molecule has 7 nitrogen and oxygen atoms in total. The van der Waals surface area contributed by atoms with E-state index in [-0.39, 0.29) is 23.4 Å². The van der Waals surface area contributed by atoms with Crippen LogP contribution in [0.2, 0.25) is 0 Å². The van der Waals surface area contributed by atoms with Crippen LogP contribution in [-0.2, 0) is 4.79 Å². The number of hydrogen-bond acceptors (Lipinski definition) is 4. The number of piperazine rings is 1. The number of pyridine rings is 1. The second-order valence-electron chi connectivity index (χ2n) is 6.05. The molecule has 0 aliphatic carbocycles. The molecule has 1 aromatic carbocycles. The summed E-state index contributed by atoms with van der Waals surface area (Å²) in [7, 11) is 0. The molecule has 3 rings (SSSR count). The molecule has 1 aliphatic rings. The molecular formula is C19H20N4O3. The van der Waals surface area contributed by atoms with E-state index in [4.69, 9.17) is 0 Å². The van der Waals surface area contributed by atoms with Gasteiger partial charge in [-0.05, 0) is 24.3 Å². The number of carbonyl (C=O) groups is 3. The molecule has 0 spiro atoms. The zero-order valence-corrected chi connectivity index (χ0v) is 14.5. The van der Waals surface area contributed by atoms with Crippen molar-refractivity contribution in [3.63, 3.8) is 0 Å². The standard InChI is InChI=1S/C19H20N4O3/c1-14(24)22-9-11-23(12-10-22)19(26)17-13-15(7-8-20-17)18(25)21-16-5-3-2-4-6-16/h2-8,13H,9-12H2,1H3,(H,21,25). The summed E-state index contributed by atoms with van der Waals surface area (Å²) in [6.45, 7) is 3.46. The number of rotatable bonds is 3. The van der Waals surface area contributed by atoms with Gasteiger partial charge in [0.05, 0.1) is 0 Å². The summed E-state index contributed by atoms with van der Waals surface area (Å²) in [6.07, 6.45) is 1.46. The van der Waals surface area contributed by atoms with Crippen LogP contribution < -0.4 is 5.32 Å². The lowest BCUT2D eigenvalue weighted by Crippen LogP contribution is -2.50. The van der Waals surface area contributed by atoms with Gasteiger partial charge in [0.15, 0.2) is 0 Å². The summed E-state index contributed by atoms with van der Waals surface area (Å²) < 4.78 is 0. The number of amides is 3. The van der Waals surface area contributed by atoms with E-state index in [2.05, 4.69) is 10.3 Å². The number of aromatic nitrogens is 1. The minimum atomic E-state index is -0.297. The SMILES string of the molecule is CC(=O)N1CCN(C(=O)c2cc(C(=O)Nc3ccccc3)ccn2)CC1. The highest BCUT2D eigenvalue weighted by molar-refractivity contribution is 6.05. The van der Waals surface area contributed by atoms with Crippen molar-refractivity contribution in [1.29, 1.82) is 0 Å². The molecule has 1 aliphatic heterocycles. The van der Waals surface area contributed by atoms with Crippen LogP contribution >= 0.6 is 0 Å². The summed E-state index contributed by atoms with van der Waals surface area (Å²) >= 11 is 0. The van der Waals surface area contributed by atoms with Crippen molar-refractivity contribution in [3.8, 4) is 0 Å². The summed E-state index contributed by atoms with van der Waals surface area (Å²) in [6, 6.07) is 12.2. The molecule has 26 heavy (non-hydrogen) atoms. The Morgan fingerprint density at radius 2 is 1.62 bits per heavy atom. The molecule has 0 unspecified atom stereocenters. The minimum absolute atomic E-state index is 0.00908. The molecule has 0 radical (unpaired) electrons. The molecule has 1 N–H and O–H groups in total. The summed E-state index contributed by atoms with van der Waals surface area (Å²) in [5.41, 5.74) is 1.28. The van der Waals surface area contributed by atoms with Gasteiger partial charge in [-0.3, -0.25) is 19.4 Å². The van der Waals surface area contributed by atoms with Gasteiger partial charge in [-0.15, -0.1) is 0 Å². The van der Waals surface area contributed by atoms with E-state index >= 15 is 0 Å². The topological polar surface area (TPSA) is 82.6 Å². The smallest absolute Gasteiger partial charge is 0.272 e. The Kier molecular flexibility index (Phi) is 5.26. The van der Waals surface area contributed by atoms with Gasteiger partial charge < -0.3 is 15.1 Å². The largest absolute Gasteiger partial charge is 0.339 e. The zero-order chi connectivity index (χ0) is 18.5. The third kappa shape index (κ3) is 4.05. The third-order valence-electron chi connectivity index (χ3n) is 4.29. The van der Waals surface area contributed by atoms with Crippen LogP contribution in [0.3, 0.4) is 0 Å². The molecule has 0 atom stereocenters. The second kappa shape index (κ2) is 7.77. The van der Waals surface area contributed by atoms with E-state index in [0.29, 0.717) is 37.4 Å². The molecule has 0 bridgehead atoms.